The van der Waals surface area contributed by atoms with Crippen LogP contribution in [0.2, 0.25) is 5.02 Å². The fourth-order valence-corrected chi connectivity index (χ4v) is 2.14. The number of rotatable bonds is 1. The van der Waals surface area contributed by atoms with Gasteiger partial charge in [0.05, 0.1) is 0 Å². The molecule has 0 aliphatic carbocycles. The molecule has 1 fully saturated rings. The number of anilines is 1. The van der Waals surface area contributed by atoms with Crippen LogP contribution in [0.3, 0.4) is 0 Å². The van der Waals surface area contributed by atoms with Crippen molar-refractivity contribution in [2.24, 2.45) is 0 Å². The van der Waals surface area contributed by atoms with Crippen molar-refractivity contribution in [3.05, 3.63) is 29.3 Å². The number of halogens is 1. The van der Waals surface area contributed by atoms with Gasteiger partial charge in [-0.15, -0.1) is 0 Å². The SMILES string of the molecule is C[C@@H]1CN[C@@H](C)CN1c1ccc(Cl)cc1. The van der Waals surface area contributed by atoms with Crippen LogP contribution in [-0.2, 0) is 0 Å². The zero-order valence-corrected chi connectivity index (χ0v) is 9.96. The van der Waals surface area contributed by atoms with Crippen LogP contribution in [0.15, 0.2) is 24.3 Å². The molecule has 0 aromatic heterocycles. The lowest BCUT2D eigenvalue weighted by atomic mass is 10.1. The quantitative estimate of drug-likeness (QED) is 0.789. The van der Waals surface area contributed by atoms with Crippen LogP contribution in [0.25, 0.3) is 0 Å². The minimum absolute atomic E-state index is 0.544. The van der Waals surface area contributed by atoms with Crippen molar-refractivity contribution in [3.63, 3.8) is 0 Å². The zero-order chi connectivity index (χ0) is 10.8. The molecule has 2 rings (SSSR count). The van der Waals surface area contributed by atoms with Gasteiger partial charge in [0, 0.05) is 35.9 Å². The molecule has 1 aliphatic rings. The molecule has 15 heavy (non-hydrogen) atoms. The van der Waals surface area contributed by atoms with E-state index >= 15 is 0 Å². The van der Waals surface area contributed by atoms with Crippen molar-refractivity contribution >= 4 is 17.3 Å². The molecule has 0 bridgehead atoms. The van der Waals surface area contributed by atoms with Crippen molar-refractivity contribution in [2.75, 3.05) is 18.0 Å². The number of piperazine rings is 1. The summed E-state index contributed by atoms with van der Waals surface area (Å²) in [7, 11) is 0. The van der Waals surface area contributed by atoms with Crippen LogP contribution in [0, 0.1) is 0 Å². The van der Waals surface area contributed by atoms with E-state index in [1.165, 1.54) is 5.69 Å². The van der Waals surface area contributed by atoms with Gasteiger partial charge in [0.2, 0.25) is 0 Å². The molecule has 0 amide bonds. The summed E-state index contributed by atoms with van der Waals surface area (Å²) in [5, 5.41) is 4.28. The number of nitrogens with zero attached hydrogens (tertiary/aromatic N) is 1. The van der Waals surface area contributed by atoms with E-state index < -0.39 is 0 Å². The van der Waals surface area contributed by atoms with Crippen LogP contribution < -0.4 is 10.2 Å². The van der Waals surface area contributed by atoms with E-state index in [0.717, 1.165) is 18.1 Å². The Kier molecular flexibility index (Phi) is 3.17. The van der Waals surface area contributed by atoms with E-state index in [4.69, 9.17) is 11.6 Å². The number of nitrogens with one attached hydrogen (secondary N) is 1. The Morgan fingerprint density at radius 1 is 1.27 bits per heavy atom. The first-order chi connectivity index (χ1) is 7.16. The van der Waals surface area contributed by atoms with Gasteiger partial charge in [-0.3, -0.25) is 0 Å². The summed E-state index contributed by atoms with van der Waals surface area (Å²) in [5.74, 6) is 0. The maximum Gasteiger partial charge on any atom is 0.0407 e. The largest absolute Gasteiger partial charge is 0.366 e. The molecule has 82 valence electrons. The topological polar surface area (TPSA) is 15.3 Å². The van der Waals surface area contributed by atoms with Crippen molar-refractivity contribution < 1.29 is 0 Å². The van der Waals surface area contributed by atoms with E-state index in [1.54, 1.807) is 0 Å². The predicted molar refractivity (Wildman–Crippen MR) is 65.7 cm³/mol. The molecular formula is C12H17ClN2. The maximum atomic E-state index is 5.88. The summed E-state index contributed by atoms with van der Waals surface area (Å²) < 4.78 is 0. The lowest BCUT2D eigenvalue weighted by Gasteiger charge is -2.39. The molecule has 0 spiro atoms. The average molecular weight is 225 g/mol. The second-order valence-electron chi connectivity index (χ2n) is 4.29. The first-order valence-corrected chi connectivity index (χ1v) is 5.80. The Bertz CT molecular complexity index is 323. The molecule has 0 unspecified atom stereocenters. The average Bonchev–Trinajstić information content (AvgIpc) is 2.23. The molecular weight excluding hydrogens is 208 g/mol. The van der Waals surface area contributed by atoms with E-state index in [0.29, 0.717) is 12.1 Å². The van der Waals surface area contributed by atoms with Gasteiger partial charge in [0.25, 0.3) is 0 Å². The molecule has 1 saturated heterocycles. The highest BCUT2D eigenvalue weighted by Gasteiger charge is 2.22. The molecule has 1 aromatic carbocycles. The highest BCUT2D eigenvalue weighted by Crippen LogP contribution is 2.21. The smallest absolute Gasteiger partial charge is 0.0407 e. The van der Waals surface area contributed by atoms with Gasteiger partial charge < -0.3 is 10.2 Å². The number of hydrogen-bond donors (Lipinski definition) is 1. The van der Waals surface area contributed by atoms with Crippen LogP contribution in [0.4, 0.5) is 5.69 Å². The van der Waals surface area contributed by atoms with Crippen molar-refractivity contribution in [1.29, 1.82) is 0 Å². The predicted octanol–water partition coefficient (Wildman–Crippen LogP) is 2.53. The Morgan fingerprint density at radius 2 is 1.93 bits per heavy atom. The molecule has 3 heteroatoms. The van der Waals surface area contributed by atoms with Gasteiger partial charge in [0.1, 0.15) is 0 Å². The van der Waals surface area contributed by atoms with Gasteiger partial charge in [-0.25, -0.2) is 0 Å². The third-order valence-electron chi connectivity index (χ3n) is 2.92. The number of hydrogen-bond acceptors (Lipinski definition) is 2. The van der Waals surface area contributed by atoms with E-state index in [2.05, 4.69) is 36.2 Å². The third-order valence-corrected chi connectivity index (χ3v) is 3.17. The fraction of sp³-hybridized carbons (Fsp3) is 0.500. The van der Waals surface area contributed by atoms with E-state index in [9.17, 15) is 0 Å². The van der Waals surface area contributed by atoms with Gasteiger partial charge in [0.15, 0.2) is 0 Å². The molecule has 0 radical (unpaired) electrons. The molecule has 1 aliphatic heterocycles. The summed E-state index contributed by atoms with van der Waals surface area (Å²) in [4.78, 5) is 2.43. The van der Waals surface area contributed by atoms with Gasteiger partial charge >= 0.3 is 0 Å². The van der Waals surface area contributed by atoms with Crippen LogP contribution in [-0.4, -0.2) is 25.2 Å². The Hall–Kier alpha value is -0.730. The van der Waals surface area contributed by atoms with Crippen LogP contribution >= 0.6 is 11.6 Å². The number of benzene rings is 1. The molecule has 2 nitrogen and oxygen atoms in total. The Balaban J connectivity index is 2.17. The van der Waals surface area contributed by atoms with E-state index in [1.807, 2.05) is 12.1 Å². The third kappa shape index (κ3) is 2.44. The summed E-state index contributed by atoms with van der Waals surface area (Å²) in [6.45, 7) is 6.56. The fourth-order valence-electron chi connectivity index (χ4n) is 2.01. The van der Waals surface area contributed by atoms with E-state index in [-0.39, 0.29) is 0 Å². The molecule has 1 N–H and O–H groups in total. The summed E-state index contributed by atoms with van der Waals surface area (Å²) >= 11 is 5.88. The first-order valence-electron chi connectivity index (χ1n) is 5.42. The standard InChI is InChI=1S/C12H17ClN2/c1-9-8-15(10(2)7-14-9)12-5-3-11(13)4-6-12/h3-6,9-10,14H,7-8H2,1-2H3/t9-,10+/m0/s1. The summed E-state index contributed by atoms with van der Waals surface area (Å²) in [5.41, 5.74) is 1.26. The Morgan fingerprint density at radius 3 is 2.60 bits per heavy atom. The monoisotopic (exact) mass is 224 g/mol. The van der Waals surface area contributed by atoms with Crippen molar-refractivity contribution in [2.45, 2.75) is 25.9 Å². The van der Waals surface area contributed by atoms with Crippen molar-refractivity contribution in [3.8, 4) is 0 Å². The van der Waals surface area contributed by atoms with Crippen LogP contribution in [0.5, 0.6) is 0 Å². The van der Waals surface area contributed by atoms with Crippen LogP contribution in [0.1, 0.15) is 13.8 Å². The summed E-state index contributed by atoms with van der Waals surface area (Å²) in [6.07, 6.45) is 0. The highest BCUT2D eigenvalue weighted by atomic mass is 35.5. The first kappa shape index (κ1) is 10.8. The highest BCUT2D eigenvalue weighted by molar-refractivity contribution is 6.30. The molecule has 2 atom stereocenters. The minimum atomic E-state index is 0.544. The Labute approximate surface area is 96.2 Å². The van der Waals surface area contributed by atoms with Gasteiger partial charge in [-0.2, -0.15) is 0 Å². The molecule has 0 saturated carbocycles. The second kappa shape index (κ2) is 4.42. The molecule has 1 aromatic rings. The zero-order valence-electron chi connectivity index (χ0n) is 9.20. The minimum Gasteiger partial charge on any atom is -0.366 e. The second-order valence-corrected chi connectivity index (χ2v) is 4.72. The lowest BCUT2D eigenvalue weighted by Crippen LogP contribution is -2.54. The maximum absolute atomic E-state index is 5.88. The lowest BCUT2D eigenvalue weighted by molar-refractivity contribution is 0.425. The normalized spacial score (nSPS) is 26.7. The van der Waals surface area contributed by atoms with Gasteiger partial charge in [-0.05, 0) is 38.1 Å². The van der Waals surface area contributed by atoms with Gasteiger partial charge in [-0.1, -0.05) is 11.6 Å². The van der Waals surface area contributed by atoms with Crippen molar-refractivity contribution in [1.82, 2.24) is 5.32 Å². The summed E-state index contributed by atoms with van der Waals surface area (Å²) in [6, 6.07) is 9.19. The molecule has 1 heterocycles.